The van der Waals surface area contributed by atoms with Crippen molar-refractivity contribution in [1.29, 1.82) is 0 Å². The molecule has 2 fully saturated rings. The van der Waals surface area contributed by atoms with Crippen LogP contribution in [-0.2, 0) is 4.74 Å². The van der Waals surface area contributed by atoms with Crippen molar-refractivity contribution in [3.63, 3.8) is 0 Å². The summed E-state index contributed by atoms with van der Waals surface area (Å²) >= 11 is 0. The largest absolute Gasteiger partial charge is 0.379 e. The lowest BCUT2D eigenvalue weighted by Gasteiger charge is -2.33. The highest BCUT2D eigenvalue weighted by Crippen LogP contribution is 2.27. The van der Waals surface area contributed by atoms with Crippen molar-refractivity contribution in [3.05, 3.63) is 35.4 Å². The normalized spacial score (nSPS) is 26.1. The molecule has 2 aliphatic rings. The molecule has 2 heterocycles. The standard InChI is InChI=1S/C17H27N3O/c1-14-3-2-4-15(11-14)17(12-18)20-6-5-16(13-20)19-7-9-21-10-8-19/h2-4,11,16-17H,5-10,12-13,18H2,1H3. The minimum Gasteiger partial charge on any atom is -0.379 e. The van der Waals surface area contributed by atoms with E-state index >= 15 is 0 Å². The van der Waals surface area contributed by atoms with E-state index in [1.165, 1.54) is 17.5 Å². The minimum atomic E-state index is 0.357. The van der Waals surface area contributed by atoms with Crippen LogP contribution in [0.2, 0.25) is 0 Å². The molecule has 0 bridgehead atoms. The topological polar surface area (TPSA) is 41.7 Å². The van der Waals surface area contributed by atoms with Crippen molar-refractivity contribution in [3.8, 4) is 0 Å². The van der Waals surface area contributed by atoms with Crippen molar-refractivity contribution in [2.45, 2.75) is 25.4 Å². The van der Waals surface area contributed by atoms with Crippen LogP contribution in [0.25, 0.3) is 0 Å². The van der Waals surface area contributed by atoms with Gasteiger partial charge in [-0.1, -0.05) is 29.8 Å². The van der Waals surface area contributed by atoms with E-state index in [1.54, 1.807) is 0 Å². The highest BCUT2D eigenvalue weighted by Gasteiger charge is 2.32. The van der Waals surface area contributed by atoms with Crippen LogP contribution in [0.1, 0.15) is 23.6 Å². The molecule has 0 aliphatic carbocycles. The van der Waals surface area contributed by atoms with E-state index in [4.69, 9.17) is 10.5 Å². The SMILES string of the molecule is Cc1cccc(C(CN)N2CCC(N3CCOCC3)C2)c1. The molecule has 21 heavy (non-hydrogen) atoms. The average molecular weight is 289 g/mol. The fourth-order valence-electron chi connectivity index (χ4n) is 3.67. The highest BCUT2D eigenvalue weighted by atomic mass is 16.5. The summed E-state index contributed by atoms with van der Waals surface area (Å²) in [7, 11) is 0. The zero-order valence-electron chi connectivity index (χ0n) is 13.0. The van der Waals surface area contributed by atoms with E-state index in [-0.39, 0.29) is 0 Å². The van der Waals surface area contributed by atoms with Crippen molar-refractivity contribution in [1.82, 2.24) is 9.80 Å². The first kappa shape index (κ1) is 15.0. The van der Waals surface area contributed by atoms with Crippen LogP contribution in [-0.4, -0.2) is 61.8 Å². The summed E-state index contributed by atoms with van der Waals surface area (Å²) < 4.78 is 5.46. The van der Waals surface area contributed by atoms with E-state index in [9.17, 15) is 0 Å². The third kappa shape index (κ3) is 3.46. The molecule has 3 rings (SSSR count). The molecule has 0 amide bonds. The second-order valence-corrected chi connectivity index (χ2v) is 6.25. The molecule has 0 radical (unpaired) electrons. The van der Waals surface area contributed by atoms with Gasteiger partial charge in [0.2, 0.25) is 0 Å². The van der Waals surface area contributed by atoms with Crippen LogP contribution < -0.4 is 5.73 Å². The zero-order chi connectivity index (χ0) is 14.7. The molecule has 1 aromatic rings. The number of nitrogens with zero attached hydrogens (tertiary/aromatic N) is 2. The molecule has 2 aliphatic heterocycles. The van der Waals surface area contributed by atoms with E-state index in [1.807, 2.05) is 0 Å². The van der Waals surface area contributed by atoms with Crippen molar-refractivity contribution < 1.29 is 4.74 Å². The number of hydrogen-bond acceptors (Lipinski definition) is 4. The van der Waals surface area contributed by atoms with Gasteiger partial charge in [-0.3, -0.25) is 9.80 Å². The molecule has 2 N–H and O–H groups in total. The summed E-state index contributed by atoms with van der Waals surface area (Å²) in [6, 6.07) is 9.82. The van der Waals surface area contributed by atoms with Gasteiger partial charge in [0, 0.05) is 44.8 Å². The second-order valence-electron chi connectivity index (χ2n) is 6.25. The molecule has 2 saturated heterocycles. The van der Waals surface area contributed by atoms with Crippen LogP contribution in [0.3, 0.4) is 0 Å². The number of ether oxygens (including phenoxy) is 1. The minimum absolute atomic E-state index is 0.357. The smallest absolute Gasteiger partial charge is 0.0594 e. The van der Waals surface area contributed by atoms with Crippen LogP contribution in [0.4, 0.5) is 0 Å². The first-order valence-corrected chi connectivity index (χ1v) is 8.10. The number of rotatable bonds is 4. The number of likely N-dealkylation sites (tertiary alicyclic amines) is 1. The monoisotopic (exact) mass is 289 g/mol. The lowest BCUT2D eigenvalue weighted by molar-refractivity contribution is 0.0176. The van der Waals surface area contributed by atoms with Gasteiger partial charge in [-0.2, -0.15) is 0 Å². The molecule has 4 nitrogen and oxygen atoms in total. The Morgan fingerprint density at radius 3 is 2.81 bits per heavy atom. The molecule has 1 aromatic carbocycles. The van der Waals surface area contributed by atoms with Gasteiger partial charge in [0.15, 0.2) is 0 Å². The molecule has 0 spiro atoms. The Morgan fingerprint density at radius 2 is 2.10 bits per heavy atom. The van der Waals surface area contributed by atoms with E-state index in [2.05, 4.69) is 41.0 Å². The number of benzene rings is 1. The number of nitrogens with two attached hydrogens (primary N) is 1. The quantitative estimate of drug-likeness (QED) is 0.910. The van der Waals surface area contributed by atoms with Gasteiger partial charge in [-0.15, -0.1) is 0 Å². The fourth-order valence-corrected chi connectivity index (χ4v) is 3.67. The molecule has 4 heteroatoms. The Hall–Kier alpha value is -0.940. The lowest BCUT2D eigenvalue weighted by Crippen LogP contribution is -2.45. The molecular formula is C17H27N3O. The van der Waals surface area contributed by atoms with E-state index in [0.29, 0.717) is 18.6 Å². The summed E-state index contributed by atoms with van der Waals surface area (Å²) in [6.45, 7) is 9.06. The molecular weight excluding hydrogens is 262 g/mol. The molecule has 2 unspecified atom stereocenters. The summed E-state index contributed by atoms with van der Waals surface area (Å²) in [5, 5.41) is 0. The predicted octanol–water partition coefficient (Wildman–Crippen LogP) is 1.40. The third-order valence-electron chi connectivity index (χ3n) is 4.85. The Labute approximate surface area is 127 Å². The maximum Gasteiger partial charge on any atom is 0.0594 e. The van der Waals surface area contributed by atoms with E-state index < -0.39 is 0 Å². The predicted molar refractivity (Wildman–Crippen MR) is 85.3 cm³/mol. The average Bonchev–Trinajstić information content (AvgIpc) is 2.99. The van der Waals surface area contributed by atoms with Crippen molar-refractivity contribution in [2.24, 2.45) is 5.73 Å². The molecule has 0 saturated carbocycles. The van der Waals surface area contributed by atoms with Gasteiger partial charge in [0.05, 0.1) is 13.2 Å². The Morgan fingerprint density at radius 1 is 1.29 bits per heavy atom. The van der Waals surface area contributed by atoms with Crippen LogP contribution in [0.5, 0.6) is 0 Å². The lowest BCUT2D eigenvalue weighted by atomic mass is 10.0. The van der Waals surface area contributed by atoms with Gasteiger partial charge in [-0.25, -0.2) is 0 Å². The highest BCUT2D eigenvalue weighted by molar-refractivity contribution is 5.25. The van der Waals surface area contributed by atoms with Gasteiger partial charge in [-0.05, 0) is 18.9 Å². The van der Waals surface area contributed by atoms with Crippen molar-refractivity contribution in [2.75, 3.05) is 45.9 Å². The Bertz CT molecular complexity index is 459. The molecule has 2 atom stereocenters. The van der Waals surface area contributed by atoms with Gasteiger partial charge in [0.25, 0.3) is 0 Å². The maximum absolute atomic E-state index is 6.08. The third-order valence-corrected chi connectivity index (χ3v) is 4.85. The first-order chi connectivity index (χ1) is 10.3. The zero-order valence-corrected chi connectivity index (χ0v) is 13.0. The molecule has 116 valence electrons. The summed E-state index contributed by atoms with van der Waals surface area (Å²) in [4.78, 5) is 5.15. The number of aryl methyl sites for hydroxylation is 1. The number of morpholine rings is 1. The summed E-state index contributed by atoms with van der Waals surface area (Å²) in [6.07, 6.45) is 1.25. The maximum atomic E-state index is 6.08. The van der Waals surface area contributed by atoms with Gasteiger partial charge >= 0.3 is 0 Å². The molecule has 0 aromatic heterocycles. The fraction of sp³-hybridized carbons (Fsp3) is 0.647. The van der Waals surface area contributed by atoms with Crippen LogP contribution in [0, 0.1) is 6.92 Å². The Kier molecular flexibility index (Phi) is 4.91. The summed E-state index contributed by atoms with van der Waals surface area (Å²) in [5.74, 6) is 0. The van der Waals surface area contributed by atoms with Gasteiger partial charge < -0.3 is 10.5 Å². The van der Waals surface area contributed by atoms with Crippen LogP contribution in [0.15, 0.2) is 24.3 Å². The van der Waals surface area contributed by atoms with E-state index in [0.717, 1.165) is 39.4 Å². The Balaban J connectivity index is 1.65. The summed E-state index contributed by atoms with van der Waals surface area (Å²) in [5.41, 5.74) is 8.76. The number of hydrogen-bond donors (Lipinski definition) is 1. The van der Waals surface area contributed by atoms with Crippen molar-refractivity contribution >= 4 is 0 Å². The van der Waals surface area contributed by atoms with Gasteiger partial charge in [0.1, 0.15) is 0 Å². The first-order valence-electron chi connectivity index (χ1n) is 8.10. The second kappa shape index (κ2) is 6.88. The van der Waals surface area contributed by atoms with Crippen LogP contribution >= 0.6 is 0 Å².